The number of carbonyl (C=O) groups is 1. The lowest BCUT2D eigenvalue weighted by atomic mass is 9.47. The highest BCUT2D eigenvalue weighted by atomic mass is 16.7. The second-order valence-corrected chi connectivity index (χ2v) is 14.6. The molecule has 0 aliphatic heterocycles. The second-order valence-electron chi connectivity index (χ2n) is 14.6. The van der Waals surface area contributed by atoms with Crippen LogP contribution in [0.5, 0.6) is 5.75 Å². The van der Waals surface area contributed by atoms with Gasteiger partial charge in [-0.3, -0.25) is 5.41 Å². The predicted molar refractivity (Wildman–Crippen MR) is 161 cm³/mol. The van der Waals surface area contributed by atoms with Crippen LogP contribution in [0.4, 0.5) is 4.79 Å². The van der Waals surface area contributed by atoms with Gasteiger partial charge in [-0.1, -0.05) is 65.5 Å². The molecule has 1 aromatic rings. The van der Waals surface area contributed by atoms with Crippen molar-refractivity contribution < 1.29 is 14.3 Å². The van der Waals surface area contributed by atoms with E-state index in [1.165, 1.54) is 56.9 Å². The van der Waals surface area contributed by atoms with Crippen molar-refractivity contribution in [2.75, 3.05) is 0 Å². The number of nitrogens with two attached hydrogens (primary N) is 1. The Labute approximate surface area is 242 Å². The first-order valence-corrected chi connectivity index (χ1v) is 16.0. The summed E-state index contributed by atoms with van der Waals surface area (Å²) in [5, 5.41) is 7.51. The van der Waals surface area contributed by atoms with E-state index in [0.717, 1.165) is 54.8 Å². The molecule has 220 valence electrons. The lowest BCUT2D eigenvalue weighted by Gasteiger charge is -2.58. The van der Waals surface area contributed by atoms with E-state index in [1.807, 2.05) is 0 Å². The Morgan fingerprint density at radius 2 is 1.77 bits per heavy atom. The maximum atomic E-state index is 12.6. The van der Waals surface area contributed by atoms with Gasteiger partial charge in [-0.2, -0.15) is 0 Å². The van der Waals surface area contributed by atoms with Gasteiger partial charge >= 0.3 is 6.16 Å². The summed E-state index contributed by atoms with van der Waals surface area (Å²) >= 11 is 0. The summed E-state index contributed by atoms with van der Waals surface area (Å²) in [6.07, 6.45) is 15.5. The Hall–Kier alpha value is -2.30. The maximum absolute atomic E-state index is 12.6. The molecule has 8 atom stereocenters. The number of rotatable bonds is 8. The molecule has 1 aromatic carbocycles. The predicted octanol–water partition coefficient (Wildman–Crippen LogP) is 8.90. The first-order chi connectivity index (χ1) is 19.0. The van der Waals surface area contributed by atoms with Gasteiger partial charge in [-0.25, -0.2) is 4.79 Å². The zero-order chi connectivity index (χ0) is 28.7. The lowest BCUT2D eigenvalue weighted by molar-refractivity contribution is -0.0597. The minimum absolute atomic E-state index is 0.00984. The normalized spacial score (nSPS) is 35.6. The van der Waals surface area contributed by atoms with Gasteiger partial charge in [0.25, 0.3) is 0 Å². The first kappa shape index (κ1) is 29.2. The molecule has 4 aliphatic rings. The highest BCUT2D eigenvalue weighted by molar-refractivity contribution is 5.95. The van der Waals surface area contributed by atoms with E-state index in [4.69, 9.17) is 20.6 Å². The van der Waals surface area contributed by atoms with Gasteiger partial charge in [0.2, 0.25) is 0 Å². The van der Waals surface area contributed by atoms with E-state index in [1.54, 1.807) is 24.3 Å². The van der Waals surface area contributed by atoms with Crippen LogP contribution in [0.25, 0.3) is 0 Å². The van der Waals surface area contributed by atoms with E-state index in [-0.39, 0.29) is 17.4 Å². The molecule has 4 aliphatic carbocycles. The number of benzene rings is 1. The van der Waals surface area contributed by atoms with E-state index < -0.39 is 6.16 Å². The Bertz CT molecular complexity index is 1110. The zero-order valence-corrected chi connectivity index (χ0v) is 25.5. The third kappa shape index (κ3) is 5.59. The van der Waals surface area contributed by atoms with Crippen molar-refractivity contribution in [1.82, 2.24) is 0 Å². The largest absolute Gasteiger partial charge is 0.514 e. The molecule has 0 bridgehead atoms. The minimum Gasteiger partial charge on any atom is -0.430 e. The van der Waals surface area contributed by atoms with Gasteiger partial charge in [0.1, 0.15) is 17.7 Å². The topological polar surface area (TPSA) is 85.4 Å². The summed E-state index contributed by atoms with van der Waals surface area (Å²) < 4.78 is 11.2. The van der Waals surface area contributed by atoms with Crippen molar-refractivity contribution in [3.8, 4) is 5.75 Å². The Morgan fingerprint density at radius 3 is 2.48 bits per heavy atom. The minimum atomic E-state index is -0.647. The maximum Gasteiger partial charge on any atom is 0.514 e. The van der Waals surface area contributed by atoms with E-state index in [2.05, 4.69) is 40.7 Å². The van der Waals surface area contributed by atoms with Crippen molar-refractivity contribution in [3.05, 3.63) is 41.5 Å². The molecule has 0 spiro atoms. The Balaban J connectivity index is 1.20. The second kappa shape index (κ2) is 11.5. The van der Waals surface area contributed by atoms with E-state index in [9.17, 15) is 4.79 Å². The molecular weight excluding hydrogens is 496 g/mol. The van der Waals surface area contributed by atoms with Gasteiger partial charge in [0, 0.05) is 12.0 Å². The molecule has 3 saturated carbocycles. The number of hydrogen-bond acceptors (Lipinski definition) is 4. The van der Waals surface area contributed by atoms with Crippen LogP contribution in [0, 0.1) is 51.7 Å². The summed E-state index contributed by atoms with van der Waals surface area (Å²) in [4.78, 5) is 12.6. The lowest BCUT2D eigenvalue weighted by Crippen LogP contribution is -2.51. The number of nitrogens with one attached hydrogen (secondary N) is 1. The number of hydrogen-bond donors (Lipinski definition) is 2. The molecule has 0 saturated heterocycles. The SMILES string of the molecule is CC(C)CCCC(C)[C@H]1CC[C@H]2[C@@H]3CC=C4C[C@@H](OC(=O)Oc5ccc(C(=N)N)cc5)CC[C@]4(C)[C@H]3CC[C@]12C. The third-order valence-electron chi connectivity index (χ3n) is 11.9. The number of carbonyl (C=O) groups excluding carboxylic acids is 1. The number of allylic oxidation sites excluding steroid dienone is 1. The molecule has 5 heteroatoms. The Morgan fingerprint density at radius 1 is 1.02 bits per heavy atom. The van der Waals surface area contributed by atoms with Crippen LogP contribution in [-0.2, 0) is 4.74 Å². The van der Waals surface area contributed by atoms with Crippen LogP contribution in [0.3, 0.4) is 0 Å². The highest BCUT2D eigenvalue weighted by Gasteiger charge is 2.59. The van der Waals surface area contributed by atoms with Crippen LogP contribution in [-0.4, -0.2) is 18.1 Å². The fourth-order valence-corrected chi connectivity index (χ4v) is 9.71. The number of fused-ring (bicyclic) bond motifs is 5. The van der Waals surface area contributed by atoms with Gasteiger partial charge in [-0.15, -0.1) is 0 Å². The zero-order valence-electron chi connectivity index (χ0n) is 25.5. The fraction of sp³-hybridized carbons (Fsp3) is 0.714. The summed E-state index contributed by atoms with van der Waals surface area (Å²) in [6, 6.07) is 6.65. The van der Waals surface area contributed by atoms with Crippen LogP contribution in [0.2, 0.25) is 0 Å². The summed E-state index contributed by atoms with van der Waals surface area (Å²) in [6.45, 7) is 12.4. The van der Waals surface area contributed by atoms with Crippen molar-refractivity contribution in [2.45, 2.75) is 111 Å². The molecule has 3 N–H and O–H groups in total. The van der Waals surface area contributed by atoms with Gasteiger partial charge < -0.3 is 15.2 Å². The van der Waals surface area contributed by atoms with Gasteiger partial charge in [-0.05, 0) is 116 Å². The van der Waals surface area contributed by atoms with Crippen LogP contribution in [0.15, 0.2) is 35.9 Å². The molecule has 5 rings (SSSR count). The fourth-order valence-electron chi connectivity index (χ4n) is 9.71. The van der Waals surface area contributed by atoms with Crippen molar-refractivity contribution in [1.29, 1.82) is 5.41 Å². The Kier molecular flexibility index (Phi) is 8.42. The molecule has 0 radical (unpaired) electrons. The first-order valence-electron chi connectivity index (χ1n) is 16.0. The molecule has 3 fully saturated rings. The van der Waals surface area contributed by atoms with Gasteiger partial charge in [0.05, 0.1) is 0 Å². The quantitative estimate of drug-likeness (QED) is 0.112. The van der Waals surface area contributed by atoms with E-state index >= 15 is 0 Å². The molecule has 5 nitrogen and oxygen atoms in total. The molecule has 1 unspecified atom stereocenters. The van der Waals surface area contributed by atoms with Crippen LogP contribution in [0.1, 0.15) is 111 Å². The van der Waals surface area contributed by atoms with Gasteiger partial charge in [0.15, 0.2) is 0 Å². The molecular formula is C35H52N2O3. The summed E-state index contributed by atoms with van der Waals surface area (Å²) in [5.41, 5.74) is 8.37. The van der Waals surface area contributed by atoms with E-state index in [0.29, 0.717) is 16.7 Å². The van der Waals surface area contributed by atoms with Crippen LogP contribution >= 0.6 is 0 Å². The molecule has 0 aromatic heterocycles. The molecule has 40 heavy (non-hydrogen) atoms. The standard InChI is InChI=1S/C35H52N2O3/c1-22(2)7-6-8-23(3)29-15-16-30-28-14-11-25-21-27(17-19-34(25,4)31(28)18-20-35(29,30)5)40-33(38)39-26-12-9-24(10-13-26)32(36)37/h9-13,22-23,27-31H,6-8,14-21H2,1-5H3,(H3,36,37)/t23?,27-,28-,29+,30-,31-,34-,35+/m0/s1. The average molecular weight is 549 g/mol. The molecule has 0 amide bonds. The number of nitrogen functional groups attached to an aromatic ring is 1. The highest BCUT2D eigenvalue weighted by Crippen LogP contribution is 2.67. The monoisotopic (exact) mass is 548 g/mol. The van der Waals surface area contributed by atoms with Crippen LogP contribution < -0.4 is 10.5 Å². The average Bonchev–Trinajstić information content (AvgIpc) is 3.26. The summed E-state index contributed by atoms with van der Waals surface area (Å²) in [7, 11) is 0. The van der Waals surface area contributed by atoms with Crippen molar-refractivity contribution in [2.24, 2.45) is 52.1 Å². The number of amidine groups is 1. The van der Waals surface area contributed by atoms with Crippen molar-refractivity contribution >= 4 is 12.0 Å². The third-order valence-corrected chi connectivity index (χ3v) is 11.9. The molecule has 0 heterocycles. The number of ether oxygens (including phenoxy) is 2. The smallest absolute Gasteiger partial charge is 0.430 e. The van der Waals surface area contributed by atoms with Crippen molar-refractivity contribution in [3.63, 3.8) is 0 Å². The summed E-state index contributed by atoms with van der Waals surface area (Å²) in [5.74, 6) is 5.36.